The number of hydrogen-bond acceptors (Lipinski definition) is 6. The zero-order valence-corrected chi connectivity index (χ0v) is 13.4. The number of ether oxygens (including phenoxy) is 1. The highest BCUT2D eigenvalue weighted by Gasteiger charge is 2.17. The molecule has 0 radical (unpaired) electrons. The molecule has 2 aromatic heterocycles. The molecule has 0 amide bonds. The van der Waals surface area contributed by atoms with Crippen LogP contribution in [0.1, 0.15) is 30.7 Å². The molecular weight excluding hydrogens is 286 g/mol. The molecule has 0 aromatic carbocycles. The smallest absolute Gasteiger partial charge is 0.213 e. The summed E-state index contributed by atoms with van der Waals surface area (Å²) in [6, 6.07) is 3.69. The average molecular weight is 307 g/mol. The summed E-state index contributed by atoms with van der Waals surface area (Å²) in [5, 5.41) is 13.1. The molecule has 0 saturated carbocycles. The van der Waals surface area contributed by atoms with Crippen molar-refractivity contribution in [3.63, 3.8) is 0 Å². The van der Waals surface area contributed by atoms with Crippen molar-refractivity contribution < 1.29 is 9.84 Å². The first kappa shape index (κ1) is 15.7. The summed E-state index contributed by atoms with van der Waals surface area (Å²) in [6.07, 6.45) is 3.64. The fraction of sp³-hybridized carbons (Fsp3) is 0.467. The van der Waals surface area contributed by atoms with Gasteiger partial charge in [0.1, 0.15) is 6.61 Å². The Kier molecular flexibility index (Phi) is 5.14. The summed E-state index contributed by atoms with van der Waals surface area (Å²) in [4.78, 5) is 9.83. The zero-order valence-electron chi connectivity index (χ0n) is 12.6. The number of hydrogen-bond donors (Lipinski definition) is 2. The number of rotatable bonds is 6. The lowest BCUT2D eigenvalue weighted by Crippen LogP contribution is -2.09. The number of aliphatic hydroxyl groups is 1. The van der Waals surface area contributed by atoms with E-state index in [9.17, 15) is 0 Å². The number of nitrogens with zero attached hydrogens (tertiary/aromatic N) is 2. The minimum atomic E-state index is -0.0107. The third-order valence-electron chi connectivity index (χ3n) is 2.74. The van der Waals surface area contributed by atoms with Gasteiger partial charge in [0.2, 0.25) is 5.88 Å². The van der Waals surface area contributed by atoms with Crippen LogP contribution in [0, 0.1) is 0 Å². The van der Waals surface area contributed by atoms with E-state index in [0.717, 1.165) is 17.2 Å². The Morgan fingerprint density at radius 3 is 2.62 bits per heavy atom. The van der Waals surface area contributed by atoms with E-state index in [4.69, 9.17) is 9.84 Å². The highest BCUT2D eigenvalue weighted by molar-refractivity contribution is 7.11. The second-order valence-corrected chi connectivity index (χ2v) is 6.81. The van der Waals surface area contributed by atoms with E-state index in [1.54, 1.807) is 23.6 Å². The van der Waals surface area contributed by atoms with Crippen LogP contribution in [0.3, 0.4) is 0 Å². The average Bonchev–Trinajstić information content (AvgIpc) is 2.93. The van der Waals surface area contributed by atoms with Crippen molar-refractivity contribution in [2.75, 3.05) is 18.5 Å². The standard InChI is InChI=1S/C15H21N3O2S/c1-15(2,3)14-18-10-12(21-14)9-16-11-4-5-13(17-8-11)20-7-6-19/h4-5,8,10,16,19H,6-7,9H2,1-3H3. The van der Waals surface area contributed by atoms with E-state index in [2.05, 4.69) is 36.1 Å². The Morgan fingerprint density at radius 2 is 2.05 bits per heavy atom. The van der Waals surface area contributed by atoms with Gasteiger partial charge in [-0.2, -0.15) is 0 Å². The quantitative estimate of drug-likeness (QED) is 0.859. The minimum Gasteiger partial charge on any atom is -0.475 e. The Bertz CT molecular complexity index is 561. The molecule has 2 heterocycles. The van der Waals surface area contributed by atoms with Crippen LogP contribution in [-0.4, -0.2) is 28.3 Å². The van der Waals surface area contributed by atoms with Gasteiger partial charge in [0.25, 0.3) is 0 Å². The lowest BCUT2D eigenvalue weighted by molar-refractivity contribution is 0.196. The normalized spacial score (nSPS) is 11.4. The van der Waals surface area contributed by atoms with Gasteiger partial charge in [-0.05, 0) is 6.07 Å². The lowest BCUT2D eigenvalue weighted by Gasteiger charge is -2.13. The summed E-state index contributed by atoms with van der Waals surface area (Å²) in [5.74, 6) is 0.516. The number of nitrogens with one attached hydrogen (secondary N) is 1. The number of aromatic nitrogens is 2. The molecule has 0 fully saturated rings. The fourth-order valence-electron chi connectivity index (χ4n) is 1.65. The summed E-state index contributed by atoms with van der Waals surface area (Å²) in [5.41, 5.74) is 1.02. The van der Waals surface area contributed by atoms with E-state index in [0.29, 0.717) is 5.88 Å². The monoisotopic (exact) mass is 307 g/mol. The van der Waals surface area contributed by atoms with Crippen LogP contribution < -0.4 is 10.1 Å². The van der Waals surface area contributed by atoms with Crippen molar-refractivity contribution in [3.8, 4) is 5.88 Å². The largest absolute Gasteiger partial charge is 0.475 e. The molecule has 114 valence electrons. The Morgan fingerprint density at radius 1 is 1.24 bits per heavy atom. The van der Waals surface area contributed by atoms with Gasteiger partial charge in [0, 0.05) is 22.6 Å². The second-order valence-electron chi connectivity index (χ2n) is 5.69. The van der Waals surface area contributed by atoms with Crippen molar-refractivity contribution in [1.82, 2.24) is 9.97 Å². The molecule has 2 rings (SSSR count). The topological polar surface area (TPSA) is 67.3 Å². The van der Waals surface area contributed by atoms with E-state index < -0.39 is 0 Å². The molecule has 0 saturated heterocycles. The number of pyridine rings is 1. The summed E-state index contributed by atoms with van der Waals surface area (Å²) in [6.45, 7) is 7.47. The molecule has 0 spiro atoms. The van der Waals surface area contributed by atoms with Crippen molar-refractivity contribution in [2.24, 2.45) is 0 Å². The van der Waals surface area contributed by atoms with Gasteiger partial charge in [0.15, 0.2) is 0 Å². The maximum atomic E-state index is 8.68. The van der Waals surface area contributed by atoms with Gasteiger partial charge >= 0.3 is 0 Å². The molecule has 2 N–H and O–H groups in total. The van der Waals surface area contributed by atoms with Crippen LogP contribution >= 0.6 is 11.3 Å². The van der Waals surface area contributed by atoms with E-state index >= 15 is 0 Å². The van der Waals surface area contributed by atoms with Gasteiger partial charge in [-0.3, -0.25) is 0 Å². The van der Waals surface area contributed by atoms with Crippen LogP contribution in [-0.2, 0) is 12.0 Å². The van der Waals surface area contributed by atoms with Crippen molar-refractivity contribution in [1.29, 1.82) is 0 Å². The molecule has 0 atom stereocenters. The van der Waals surface area contributed by atoms with Gasteiger partial charge in [-0.15, -0.1) is 11.3 Å². The molecule has 2 aromatic rings. The van der Waals surface area contributed by atoms with Gasteiger partial charge in [0.05, 0.1) is 30.0 Å². The summed E-state index contributed by atoms with van der Waals surface area (Å²) >= 11 is 1.73. The number of anilines is 1. The van der Waals surface area contributed by atoms with E-state index in [1.165, 1.54) is 4.88 Å². The maximum absolute atomic E-state index is 8.68. The zero-order chi connectivity index (χ0) is 15.3. The fourth-order valence-corrected chi connectivity index (χ4v) is 2.56. The van der Waals surface area contributed by atoms with E-state index in [1.807, 2.05) is 12.3 Å². The number of aliphatic hydroxyl groups excluding tert-OH is 1. The molecule has 5 nitrogen and oxygen atoms in total. The molecule has 0 aliphatic heterocycles. The molecule has 21 heavy (non-hydrogen) atoms. The first-order chi connectivity index (χ1) is 9.99. The molecule has 0 unspecified atom stereocenters. The van der Waals surface area contributed by atoms with Crippen molar-refractivity contribution in [3.05, 3.63) is 34.4 Å². The van der Waals surface area contributed by atoms with Crippen LogP contribution in [0.2, 0.25) is 0 Å². The predicted octanol–water partition coefficient (Wildman–Crippen LogP) is 2.82. The molecule has 0 bridgehead atoms. The third kappa shape index (κ3) is 4.68. The number of thiazole rings is 1. The maximum Gasteiger partial charge on any atom is 0.213 e. The molecule has 6 heteroatoms. The predicted molar refractivity (Wildman–Crippen MR) is 85.0 cm³/mol. The van der Waals surface area contributed by atoms with Crippen LogP contribution in [0.25, 0.3) is 0 Å². The van der Waals surface area contributed by atoms with Crippen LogP contribution in [0.5, 0.6) is 5.88 Å². The highest BCUT2D eigenvalue weighted by Crippen LogP contribution is 2.27. The Hall–Kier alpha value is -1.66. The van der Waals surface area contributed by atoms with E-state index in [-0.39, 0.29) is 18.6 Å². The van der Waals surface area contributed by atoms with Gasteiger partial charge < -0.3 is 15.2 Å². The van der Waals surface area contributed by atoms with Crippen LogP contribution in [0.15, 0.2) is 24.5 Å². The first-order valence-electron chi connectivity index (χ1n) is 6.88. The van der Waals surface area contributed by atoms with Crippen molar-refractivity contribution in [2.45, 2.75) is 32.7 Å². The highest BCUT2D eigenvalue weighted by atomic mass is 32.1. The lowest BCUT2D eigenvalue weighted by atomic mass is 9.98. The molecular formula is C15H21N3O2S. The second kappa shape index (κ2) is 6.87. The molecule has 0 aliphatic rings. The minimum absolute atomic E-state index is 0.0107. The van der Waals surface area contributed by atoms with Crippen LogP contribution in [0.4, 0.5) is 5.69 Å². The Balaban J connectivity index is 1.89. The van der Waals surface area contributed by atoms with Crippen molar-refractivity contribution >= 4 is 17.0 Å². The SMILES string of the molecule is CC(C)(C)c1ncc(CNc2ccc(OCCO)nc2)s1. The molecule has 0 aliphatic carbocycles. The Labute approximate surface area is 129 Å². The summed E-state index contributed by atoms with van der Waals surface area (Å²) < 4.78 is 5.22. The third-order valence-corrected chi connectivity index (χ3v) is 4.16. The van der Waals surface area contributed by atoms with Gasteiger partial charge in [-0.25, -0.2) is 9.97 Å². The summed E-state index contributed by atoms with van der Waals surface area (Å²) in [7, 11) is 0. The van der Waals surface area contributed by atoms with Gasteiger partial charge in [-0.1, -0.05) is 20.8 Å². The first-order valence-corrected chi connectivity index (χ1v) is 7.69.